The van der Waals surface area contributed by atoms with Gasteiger partial charge in [-0.25, -0.2) is 0 Å². The SMILES string of the molecule is COc1ccc(C)cc1C1(C=O)CC1. The van der Waals surface area contributed by atoms with E-state index >= 15 is 0 Å². The van der Waals surface area contributed by atoms with Gasteiger partial charge in [0.2, 0.25) is 0 Å². The van der Waals surface area contributed by atoms with Gasteiger partial charge in [0.15, 0.2) is 0 Å². The van der Waals surface area contributed by atoms with Crippen molar-refractivity contribution in [1.82, 2.24) is 0 Å². The molecule has 0 aromatic heterocycles. The quantitative estimate of drug-likeness (QED) is 0.683. The van der Waals surface area contributed by atoms with Gasteiger partial charge in [0, 0.05) is 5.56 Å². The van der Waals surface area contributed by atoms with Crippen molar-refractivity contribution in [3.8, 4) is 5.75 Å². The van der Waals surface area contributed by atoms with E-state index in [1.807, 2.05) is 19.1 Å². The van der Waals surface area contributed by atoms with E-state index in [4.69, 9.17) is 4.74 Å². The molecule has 1 aromatic carbocycles. The standard InChI is InChI=1S/C12H14O2/c1-9-3-4-11(14-2)10(7-9)12(8-13)5-6-12/h3-4,7-8H,5-6H2,1-2H3. The highest BCUT2D eigenvalue weighted by Crippen LogP contribution is 2.49. The fourth-order valence-corrected chi connectivity index (χ4v) is 1.80. The molecule has 0 spiro atoms. The number of carbonyl (C=O) groups excluding carboxylic acids is 1. The Labute approximate surface area is 83.9 Å². The van der Waals surface area contributed by atoms with Gasteiger partial charge < -0.3 is 9.53 Å². The summed E-state index contributed by atoms with van der Waals surface area (Å²) in [6.45, 7) is 2.03. The lowest BCUT2D eigenvalue weighted by Crippen LogP contribution is -2.09. The summed E-state index contributed by atoms with van der Waals surface area (Å²) in [5, 5.41) is 0. The van der Waals surface area contributed by atoms with E-state index in [0.29, 0.717) is 0 Å². The fourth-order valence-electron chi connectivity index (χ4n) is 1.80. The normalized spacial score (nSPS) is 17.6. The van der Waals surface area contributed by atoms with Crippen LogP contribution in [0.3, 0.4) is 0 Å². The molecule has 1 saturated carbocycles. The zero-order valence-corrected chi connectivity index (χ0v) is 8.54. The molecule has 1 aliphatic rings. The van der Waals surface area contributed by atoms with Crippen molar-refractivity contribution < 1.29 is 9.53 Å². The Hall–Kier alpha value is -1.31. The first-order chi connectivity index (χ1) is 6.72. The summed E-state index contributed by atoms with van der Waals surface area (Å²) in [6, 6.07) is 6.00. The lowest BCUT2D eigenvalue weighted by molar-refractivity contribution is -0.109. The van der Waals surface area contributed by atoms with Crippen LogP contribution < -0.4 is 4.74 Å². The van der Waals surface area contributed by atoms with Crippen LogP contribution in [0.25, 0.3) is 0 Å². The van der Waals surface area contributed by atoms with Crippen molar-refractivity contribution in [3.63, 3.8) is 0 Å². The second-order valence-corrected chi connectivity index (χ2v) is 3.98. The van der Waals surface area contributed by atoms with Gasteiger partial charge >= 0.3 is 0 Å². The van der Waals surface area contributed by atoms with Crippen molar-refractivity contribution in [2.24, 2.45) is 0 Å². The van der Waals surface area contributed by atoms with E-state index in [1.54, 1.807) is 7.11 Å². The van der Waals surface area contributed by atoms with Gasteiger partial charge in [-0.15, -0.1) is 0 Å². The lowest BCUT2D eigenvalue weighted by Gasteiger charge is -2.13. The van der Waals surface area contributed by atoms with Crippen LogP contribution in [-0.2, 0) is 10.2 Å². The minimum atomic E-state index is -0.239. The average molecular weight is 190 g/mol. The molecule has 2 nitrogen and oxygen atoms in total. The minimum Gasteiger partial charge on any atom is -0.496 e. The van der Waals surface area contributed by atoms with E-state index in [2.05, 4.69) is 6.07 Å². The maximum atomic E-state index is 11.0. The summed E-state index contributed by atoms with van der Waals surface area (Å²) in [5.41, 5.74) is 1.99. The first-order valence-corrected chi connectivity index (χ1v) is 4.83. The molecular formula is C12H14O2. The van der Waals surface area contributed by atoms with Crippen LogP contribution in [0.5, 0.6) is 5.75 Å². The van der Waals surface area contributed by atoms with Crippen LogP contribution in [0.4, 0.5) is 0 Å². The maximum Gasteiger partial charge on any atom is 0.130 e. The number of hydrogen-bond donors (Lipinski definition) is 0. The molecule has 0 bridgehead atoms. The zero-order valence-electron chi connectivity index (χ0n) is 8.54. The first-order valence-electron chi connectivity index (χ1n) is 4.83. The molecule has 0 atom stereocenters. The number of hydrogen-bond acceptors (Lipinski definition) is 2. The molecule has 0 unspecified atom stereocenters. The van der Waals surface area contributed by atoms with Gasteiger partial charge in [-0.2, -0.15) is 0 Å². The molecule has 0 amide bonds. The van der Waals surface area contributed by atoms with E-state index in [-0.39, 0.29) is 5.41 Å². The Morgan fingerprint density at radius 2 is 2.14 bits per heavy atom. The number of carbonyl (C=O) groups is 1. The second-order valence-electron chi connectivity index (χ2n) is 3.98. The predicted molar refractivity (Wildman–Crippen MR) is 54.7 cm³/mol. The number of ether oxygens (including phenoxy) is 1. The molecule has 1 aliphatic carbocycles. The van der Waals surface area contributed by atoms with Crippen LogP contribution in [0, 0.1) is 6.92 Å². The number of methoxy groups -OCH3 is 1. The Morgan fingerprint density at radius 3 is 2.64 bits per heavy atom. The van der Waals surface area contributed by atoms with Crippen molar-refractivity contribution in [3.05, 3.63) is 29.3 Å². The largest absolute Gasteiger partial charge is 0.496 e. The van der Waals surface area contributed by atoms with E-state index in [9.17, 15) is 4.79 Å². The molecule has 2 rings (SSSR count). The summed E-state index contributed by atoms with van der Waals surface area (Å²) in [6.07, 6.45) is 2.97. The number of aryl methyl sites for hydroxylation is 1. The monoisotopic (exact) mass is 190 g/mol. The van der Waals surface area contributed by atoms with Gasteiger partial charge in [-0.3, -0.25) is 0 Å². The van der Waals surface area contributed by atoms with Gasteiger partial charge in [0.05, 0.1) is 12.5 Å². The second kappa shape index (κ2) is 3.12. The maximum absolute atomic E-state index is 11.0. The van der Waals surface area contributed by atoms with Crippen LogP contribution in [-0.4, -0.2) is 13.4 Å². The van der Waals surface area contributed by atoms with Crippen LogP contribution in [0.2, 0.25) is 0 Å². The third-order valence-electron chi connectivity index (χ3n) is 2.91. The Bertz CT molecular complexity index is 365. The topological polar surface area (TPSA) is 26.3 Å². The molecule has 1 fully saturated rings. The van der Waals surface area contributed by atoms with Crippen molar-refractivity contribution in [1.29, 1.82) is 0 Å². The smallest absolute Gasteiger partial charge is 0.130 e. The average Bonchev–Trinajstić information content (AvgIpc) is 2.98. The molecular weight excluding hydrogens is 176 g/mol. The first kappa shape index (κ1) is 9.25. The number of rotatable bonds is 3. The molecule has 1 aromatic rings. The van der Waals surface area contributed by atoms with Crippen LogP contribution >= 0.6 is 0 Å². The van der Waals surface area contributed by atoms with Gasteiger partial charge in [-0.1, -0.05) is 17.7 Å². The molecule has 0 radical (unpaired) electrons. The predicted octanol–water partition coefficient (Wildman–Crippen LogP) is 2.23. The van der Waals surface area contributed by atoms with Gasteiger partial charge in [0.1, 0.15) is 12.0 Å². The number of benzene rings is 1. The third kappa shape index (κ3) is 1.31. The highest BCUT2D eigenvalue weighted by Gasteiger charge is 2.46. The van der Waals surface area contributed by atoms with Crippen LogP contribution in [0.15, 0.2) is 18.2 Å². The van der Waals surface area contributed by atoms with Crippen molar-refractivity contribution in [2.75, 3.05) is 7.11 Å². The molecule has 2 heteroatoms. The summed E-state index contributed by atoms with van der Waals surface area (Å²) in [4.78, 5) is 11.0. The summed E-state index contributed by atoms with van der Waals surface area (Å²) >= 11 is 0. The van der Waals surface area contributed by atoms with Crippen molar-refractivity contribution >= 4 is 6.29 Å². The molecule has 0 saturated heterocycles. The van der Waals surface area contributed by atoms with E-state index in [0.717, 1.165) is 30.4 Å². The summed E-state index contributed by atoms with van der Waals surface area (Å²) < 4.78 is 5.27. The lowest BCUT2D eigenvalue weighted by atomic mass is 9.95. The van der Waals surface area contributed by atoms with Crippen molar-refractivity contribution in [2.45, 2.75) is 25.2 Å². The Morgan fingerprint density at radius 1 is 1.43 bits per heavy atom. The molecule has 14 heavy (non-hydrogen) atoms. The molecule has 0 heterocycles. The van der Waals surface area contributed by atoms with E-state index in [1.165, 1.54) is 5.56 Å². The Kier molecular flexibility index (Phi) is 2.06. The number of aldehydes is 1. The van der Waals surface area contributed by atoms with Crippen LogP contribution in [0.1, 0.15) is 24.0 Å². The Balaban J connectivity index is 2.49. The highest BCUT2D eigenvalue weighted by atomic mass is 16.5. The van der Waals surface area contributed by atoms with E-state index < -0.39 is 0 Å². The molecule has 0 aliphatic heterocycles. The van der Waals surface area contributed by atoms with Gasteiger partial charge in [0.25, 0.3) is 0 Å². The highest BCUT2D eigenvalue weighted by molar-refractivity contribution is 5.75. The minimum absolute atomic E-state index is 0.239. The molecule has 0 N–H and O–H groups in total. The fraction of sp³-hybridized carbons (Fsp3) is 0.417. The molecule has 74 valence electrons. The third-order valence-corrected chi connectivity index (χ3v) is 2.91. The zero-order chi connectivity index (χ0) is 10.2. The van der Waals surface area contributed by atoms with Gasteiger partial charge in [-0.05, 0) is 25.8 Å². The summed E-state index contributed by atoms with van der Waals surface area (Å²) in [7, 11) is 1.65. The summed E-state index contributed by atoms with van der Waals surface area (Å²) in [5.74, 6) is 0.834.